The van der Waals surface area contributed by atoms with E-state index in [1.165, 1.54) is 0 Å². The van der Waals surface area contributed by atoms with Crippen LogP contribution >= 0.6 is 27.5 Å². The second-order valence-corrected chi connectivity index (χ2v) is 6.36. The summed E-state index contributed by atoms with van der Waals surface area (Å²) in [6, 6.07) is 11.2. The van der Waals surface area contributed by atoms with Crippen LogP contribution in [-0.4, -0.2) is 12.0 Å². The number of fused-ring (bicyclic) bond motifs is 1. The van der Waals surface area contributed by atoms with Gasteiger partial charge in [0.1, 0.15) is 5.75 Å². The minimum absolute atomic E-state index is 0.150. The highest BCUT2D eigenvalue weighted by atomic mass is 79.9. The van der Waals surface area contributed by atoms with Crippen molar-refractivity contribution in [2.24, 2.45) is 0 Å². The van der Waals surface area contributed by atoms with E-state index in [1.807, 2.05) is 31.2 Å². The Kier molecular flexibility index (Phi) is 3.91. The molecule has 0 saturated carbocycles. The average molecular weight is 367 g/mol. The predicted molar refractivity (Wildman–Crippen MR) is 87.1 cm³/mol. The van der Waals surface area contributed by atoms with E-state index in [9.17, 15) is 4.79 Å². The van der Waals surface area contributed by atoms with Gasteiger partial charge in [0, 0.05) is 21.6 Å². The van der Waals surface area contributed by atoms with Crippen molar-refractivity contribution in [1.82, 2.24) is 0 Å². The van der Waals surface area contributed by atoms with Crippen molar-refractivity contribution in [3.63, 3.8) is 0 Å². The zero-order chi connectivity index (χ0) is 15.0. The van der Waals surface area contributed by atoms with Gasteiger partial charge in [-0.2, -0.15) is 0 Å². The maximum absolute atomic E-state index is 12.3. The topological polar surface area (TPSA) is 38.3 Å². The molecule has 1 atom stereocenters. The first-order chi connectivity index (χ1) is 10.0. The predicted octanol–water partition coefficient (Wildman–Crippen LogP) is 4.35. The van der Waals surface area contributed by atoms with Gasteiger partial charge >= 0.3 is 0 Å². The third kappa shape index (κ3) is 3.06. The largest absolute Gasteiger partial charge is 0.480 e. The Labute approximate surface area is 136 Å². The molecule has 1 heterocycles. The number of hydrogen-bond acceptors (Lipinski definition) is 2. The second-order valence-electron chi connectivity index (χ2n) is 5.01. The van der Waals surface area contributed by atoms with Crippen molar-refractivity contribution in [3.05, 3.63) is 57.0 Å². The lowest BCUT2D eigenvalue weighted by molar-refractivity contribution is -0.122. The molecule has 1 amide bonds. The number of carbonyl (C=O) groups is 1. The SMILES string of the molecule is Cc1ccc(Br)cc1NC(=O)C1Cc2cc(Cl)ccc2O1. The number of amides is 1. The number of carbonyl (C=O) groups excluding carboxylic acids is 1. The summed E-state index contributed by atoms with van der Waals surface area (Å²) >= 11 is 9.36. The van der Waals surface area contributed by atoms with Gasteiger partial charge in [-0.05, 0) is 48.4 Å². The lowest BCUT2D eigenvalue weighted by Crippen LogP contribution is -2.31. The van der Waals surface area contributed by atoms with Gasteiger partial charge in [-0.25, -0.2) is 0 Å². The third-order valence-electron chi connectivity index (χ3n) is 3.45. The van der Waals surface area contributed by atoms with Crippen LogP contribution in [0.2, 0.25) is 5.02 Å². The molecule has 0 spiro atoms. The molecule has 0 aliphatic carbocycles. The minimum atomic E-state index is -0.517. The summed E-state index contributed by atoms with van der Waals surface area (Å²) in [4.78, 5) is 12.3. The molecule has 108 valence electrons. The fourth-order valence-electron chi connectivity index (χ4n) is 2.31. The highest BCUT2D eigenvalue weighted by Crippen LogP contribution is 2.31. The van der Waals surface area contributed by atoms with Gasteiger partial charge in [0.05, 0.1) is 0 Å². The molecule has 1 N–H and O–H groups in total. The molecule has 0 fully saturated rings. The first-order valence-corrected chi connectivity index (χ1v) is 7.72. The molecule has 1 aliphatic heterocycles. The van der Waals surface area contributed by atoms with E-state index < -0.39 is 6.10 Å². The van der Waals surface area contributed by atoms with E-state index in [4.69, 9.17) is 16.3 Å². The molecule has 0 radical (unpaired) electrons. The summed E-state index contributed by atoms with van der Waals surface area (Å²) in [7, 11) is 0. The van der Waals surface area contributed by atoms with E-state index in [1.54, 1.807) is 12.1 Å². The highest BCUT2D eigenvalue weighted by Gasteiger charge is 2.29. The molecular weight excluding hydrogens is 354 g/mol. The van der Waals surface area contributed by atoms with Gasteiger partial charge in [0.15, 0.2) is 6.10 Å². The van der Waals surface area contributed by atoms with Crippen molar-refractivity contribution < 1.29 is 9.53 Å². The van der Waals surface area contributed by atoms with Crippen molar-refractivity contribution in [1.29, 1.82) is 0 Å². The molecule has 3 nitrogen and oxygen atoms in total. The van der Waals surface area contributed by atoms with E-state index in [-0.39, 0.29) is 5.91 Å². The summed E-state index contributed by atoms with van der Waals surface area (Å²) in [6.07, 6.45) is 0.0197. The van der Waals surface area contributed by atoms with E-state index >= 15 is 0 Å². The van der Waals surface area contributed by atoms with Crippen LogP contribution in [0, 0.1) is 6.92 Å². The number of hydrogen-bond donors (Lipinski definition) is 1. The Morgan fingerprint density at radius 3 is 2.95 bits per heavy atom. The van der Waals surface area contributed by atoms with E-state index in [0.717, 1.165) is 27.0 Å². The van der Waals surface area contributed by atoms with E-state index in [0.29, 0.717) is 11.4 Å². The van der Waals surface area contributed by atoms with Crippen LogP contribution in [0.4, 0.5) is 5.69 Å². The molecule has 3 rings (SSSR count). The van der Waals surface area contributed by atoms with Crippen LogP contribution < -0.4 is 10.1 Å². The van der Waals surface area contributed by atoms with Gasteiger partial charge in [-0.3, -0.25) is 4.79 Å². The van der Waals surface area contributed by atoms with Crippen LogP contribution in [0.25, 0.3) is 0 Å². The van der Waals surface area contributed by atoms with Gasteiger partial charge in [0.2, 0.25) is 0 Å². The number of halogens is 2. The zero-order valence-corrected chi connectivity index (χ0v) is 13.7. The lowest BCUT2D eigenvalue weighted by Gasteiger charge is -2.13. The molecule has 21 heavy (non-hydrogen) atoms. The summed E-state index contributed by atoms with van der Waals surface area (Å²) in [5, 5.41) is 3.57. The Hall–Kier alpha value is -1.52. The second kappa shape index (κ2) is 5.70. The molecule has 0 bridgehead atoms. The fourth-order valence-corrected chi connectivity index (χ4v) is 2.86. The van der Waals surface area contributed by atoms with Crippen LogP contribution in [0.3, 0.4) is 0 Å². The number of ether oxygens (including phenoxy) is 1. The molecular formula is C16H13BrClNO2. The first-order valence-electron chi connectivity index (χ1n) is 6.55. The molecule has 0 saturated heterocycles. The number of aryl methyl sites for hydroxylation is 1. The number of rotatable bonds is 2. The first kappa shape index (κ1) is 14.4. The van der Waals surface area contributed by atoms with Crippen molar-refractivity contribution in [2.45, 2.75) is 19.4 Å². The third-order valence-corrected chi connectivity index (χ3v) is 4.18. The number of anilines is 1. The normalized spacial score (nSPS) is 16.2. The van der Waals surface area contributed by atoms with Gasteiger partial charge in [0.25, 0.3) is 5.91 Å². The smallest absolute Gasteiger partial charge is 0.265 e. The number of nitrogens with one attached hydrogen (secondary N) is 1. The summed E-state index contributed by atoms with van der Waals surface area (Å²) in [5.74, 6) is 0.578. The number of benzene rings is 2. The molecule has 2 aromatic rings. The van der Waals surface area contributed by atoms with Crippen LogP contribution in [0.1, 0.15) is 11.1 Å². The summed E-state index contributed by atoms with van der Waals surface area (Å²) < 4.78 is 6.61. The monoisotopic (exact) mass is 365 g/mol. The van der Waals surface area contributed by atoms with Crippen molar-refractivity contribution in [2.75, 3.05) is 5.32 Å². The van der Waals surface area contributed by atoms with Crippen molar-refractivity contribution >= 4 is 39.1 Å². The maximum atomic E-state index is 12.3. The van der Waals surface area contributed by atoms with Crippen LogP contribution in [-0.2, 0) is 11.2 Å². The lowest BCUT2D eigenvalue weighted by atomic mass is 10.1. The van der Waals surface area contributed by atoms with Crippen LogP contribution in [0.15, 0.2) is 40.9 Å². The fraction of sp³-hybridized carbons (Fsp3) is 0.188. The van der Waals surface area contributed by atoms with Gasteiger partial charge < -0.3 is 10.1 Å². The summed E-state index contributed by atoms with van der Waals surface area (Å²) in [5.41, 5.74) is 2.76. The summed E-state index contributed by atoms with van der Waals surface area (Å²) in [6.45, 7) is 1.95. The zero-order valence-electron chi connectivity index (χ0n) is 11.3. The molecule has 1 unspecified atom stereocenters. The Balaban J connectivity index is 1.74. The molecule has 1 aliphatic rings. The maximum Gasteiger partial charge on any atom is 0.265 e. The standard InChI is InChI=1S/C16H13BrClNO2/c1-9-2-3-11(17)8-13(9)19-16(20)15-7-10-6-12(18)4-5-14(10)21-15/h2-6,8,15H,7H2,1H3,(H,19,20). The minimum Gasteiger partial charge on any atom is -0.480 e. The van der Waals surface area contributed by atoms with Crippen molar-refractivity contribution in [3.8, 4) is 5.75 Å². The average Bonchev–Trinajstić information content (AvgIpc) is 2.86. The van der Waals surface area contributed by atoms with Gasteiger partial charge in [-0.15, -0.1) is 0 Å². The molecule has 2 aromatic carbocycles. The van der Waals surface area contributed by atoms with Crippen LogP contribution in [0.5, 0.6) is 5.75 Å². The van der Waals surface area contributed by atoms with Gasteiger partial charge in [-0.1, -0.05) is 33.6 Å². The molecule has 0 aromatic heterocycles. The Bertz CT molecular complexity index is 717. The highest BCUT2D eigenvalue weighted by molar-refractivity contribution is 9.10. The Morgan fingerprint density at radius 2 is 2.14 bits per heavy atom. The van der Waals surface area contributed by atoms with E-state index in [2.05, 4.69) is 21.2 Å². The Morgan fingerprint density at radius 1 is 1.33 bits per heavy atom. The quantitative estimate of drug-likeness (QED) is 0.858. The molecule has 5 heteroatoms.